The van der Waals surface area contributed by atoms with E-state index in [2.05, 4.69) is 16.7 Å². The van der Waals surface area contributed by atoms with Gasteiger partial charge in [-0.05, 0) is 76.8 Å². The van der Waals surface area contributed by atoms with E-state index in [9.17, 15) is 0 Å². The fraction of sp³-hybridized carbons (Fsp3) is 0. The van der Waals surface area contributed by atoms with E-state index in [0.29, 0.717) is 5.56 Å². The first-order chi connectivity index (χ1) is 26.0. The lowest BCUT2D eigenvalue weighted by Crippen LogP contribution is -1.94. The van der Waals surface area contributed by atoms with Gasteiger partial charge in [0.2, 0.25) is 0 Å². The van der Waals surface area contributed by atoms with Crippen LogP contribution in [0, 0.1) is 0 Å². The average molecular weight is 571 g/mol. The molecule has 0 fully saturated rings. The van der Waals surface area contributed by atoms with Crippen LogP contribution in [-0.4, -0.2) is 9.13 Å². The van der Waals surface area contributed by atoms with E-state index in [4.69, 9.17) is 13.7 Å². The molecule has 206 valence electrons. The Bertz CT molecular complexity index is 2990. The number of hydrogen-bond acceptors (Lipinski definition) is 0. The lowest BCUT2D eigenvalue weighted by atomic mass is 9.99. The third kappa shape index (κ3) is 3.75. The second kappa shape index (κ2) is 9.86. The van der Waals surface area contributed by atoms with Crippen molar-refractivity contribution in [2.45, 2.75) is 0 Å². The first-order valence-electron chi connectivity index (χ1n) is 19.3. The molecule has 0 aliphatic carbocycles. The van der Waals surface area contributed by atoms with Gasteiger partial charge in [-0.3, -0.25) is 0 Å². The maximum atomic E-state index is 8.81. The maximum absolute atomic E-state index is 8.81. The molecule has 0 spiro atoms. The molecule has 0 aliphatic heterocycles. The summed E-state index contributed by atoms with van der Waals surface area (Å²) in [6, 6.07) is 31.8. The van der Waals surface area contributed by atoms with Crippen molar-refractivity contribution in [2.24, 2.45) is 0 Å². The number of aromatic nitrogens is 2. The van der Waals surface area contributed by atoms with Crippen LogP contribution in [0.4, 0.5) is 0 Å². The van der Waals surface area contributed by atoms with Crippen LogP contribution < -0.4 is 0 Å². The van der Waals surface area contributed by atoms with Crippen LogP contribution >= 0.6 is 0 Å². The standard InChI is InChI=1S/C42H28N2/c1-3-12-29(13-4-1)31-14-11-15-32(28-31)30-22-24-34(25-23-30)44-38-21-10-8-19-36(38)42-40(44)27-26-39-41(42)35-18-7-9-20-37(35)43(39)33-16-5-2-6-17-33/h1-28H/i1D,2D,3D,4D,5D,6D,12D,13D,16D,17D. The highest BCUT2D eigenvalue weighted by Crippen LogP contribution is 2.42. The van der Waals surface area contributed by atoms with E-state index >= 15 is 0 Å². The fourth-order valence-corrected chi connectivity index (χ4v) is 6.44. The van der Waals surface area contributed by atoms with Crippen LogP contribution in [0.3, 0.4) is 0 Å². The zero-order chi connectivity index (χ0) is 37.7. The first kappa shape index (κ1) is 16.7. The highest BCUT2D eigenvalue weighted by molar-refractivity contribution is 6.28. The predicted octanol–water partition coefficient (Wildman–Crippen LogP) is 11.2. The Labute approximate surface area is 269 Å². The van der Waals surface area contributed by atoms with Crippen LogP contribution in [0.5, 0.6) is 0 Å². The predicted molar refractivity (Wildman–Crippen MR) is 186 cm³/mol. The molecule has 0 aliphatic rings. The summed E-state index contributed by atoms with van der Waals surface area (Å²) in [5.74, 6) is 0. The lowest BCUT2D eigenvalue weighted by molar-refractivity contribution is 1.17. The van der Waals surface area contributed by atoms with Gasteiger partial charge in [0.25, 0.3) is 0 Å². The smallest absolute Gasteiger partial charge is 0.0645 e. The SMILES string of the molecule is [2H]c1c([2H])c([2H])c(-c2cccc(-c3ccc(-n4c5ccccc5c5c6c7ccccc7n(-c7c([2H])c([2H])c([2H])c([2H])c7[2H])c6ccc54)cc3)c2)c([2H])c1[2H]. The zero-order valence-corrected chi connectivity index (χ0v) is 23.3. The third-order valence-electron chi connectivity index (χ3n) is 8.29. The highest BCUT2D eigenvalue weighted by Gasteiger charge is 2.20. The summed E-state index contributed by atoms with van der Waals surface area (Å²) in [4.78, 5) is 0. The van der Waals surface area contributed by atoms with E-state index in [-0.39, 0.29) is 59.6 Å². The van der Waals surface area contributed by atoms with Crippen LogP contribution in [0.2, 0.25) is 0 Å². The van der Waals surface area contributed by atoms with Crippen molar-refractivity contribution in [2.75, 3.05) is 0 Å². The van der Waals surface area contributed by atoms with Crippen LogP contribution in [0.25, 0.3) is 77.2 Å². The van der Waals surface area contributed by atoms with Crippen molar-refractivity contribution in [3.05, 3.63) is 170 Å². The van der Waals surface area contributed by atoms with Gasteiger partial charge in [-0.25, -0.2) is 0 Å². The van der Waals surface area contributed by atoms with Gasteiger partial charge in [0, 0.05) is 32.9 Å². The van der Waals surface area contributed by atoms with Gasteiger partial charge in [-0.15, -0.1) is 0 Å². The van der Waals surface area contributed by atoms with E-state index in [1.54, 1.807) is 10.6 Å². The molecule has 0 saturated heterocycles. The molecule has 0 N–H and O–H groups in total. The molecule has 2 nitrogen and oxygen atoms in total. The quantitative estimate of drug-likeness (QED) is 0.199. The molecule has 7 aromatic carbocycles. The Balaban J connectivity index is 1.24. The summed E-state index contributed by atoms with van der Waals surface area (Å²) in [6.45, 7) is 0. The van der Waals surface area contributed by atoms with Crippen molar-refractivity contribution >= 4 is 43.6 Å². The summed E-state index contributed by atoms with van der Waals surface area (Å²) >= 11 is 0. The molecule has 0 radical (unpaired) electrons. The molecular formula is C42H28N2. The normalized spacial score (nSPS) is 14.8. The van der Waals surface area contributed by atoms with Gasteiger partial charge in [-0.2, -0.15) is 0 Å². The van der Waals surface area contributed by atoms with Crippen molar-refractivity contribution < 1.29 is 13.7 Å². The van der Waals surface area contributed by atoms with Crippen molar-refractivity contribution in [1.82, 2.24) is 9.13 Å². The second-order valence-electron chi connectivity index (χ2n) is 10.7. The van der Waals surface area contributed by atoms with Crippen molar-refractivity contribution in [3.63, 3.8) is 0 Å². The summed E-state index contributed by atoms with van der Waals surface area (Å²) in [5.41, 5.74) is 6.76. The minimum Gasteiger partial charge on any atom is -0.309 e. The molecular weight excluding hydrogens is 532 g/mol. The molecule has 9 aromatic rings. The van der Waals surface area contributed by atoms with Gasteiger partial charge in [0.05, 0.1) is 35.8 Å². The molecule has 0 unspecified atom stereocenters. The van der Waals surface area contributed by atoms with E-state index in [1.165, 1.54) is 0 Å². The monoisotopic (exact) mass is 570 g/mol. The Morgan fingerprint density at radius 2 is 0.886 bits per heavy atom. The summed E-state index contributed by atoms with van der Waals surface area (Å²) in [7, 11) is 0. The molecule has 2 aromatic heterocycles. The number of nitrogens with zero attached hydrogens (tertiary/aromatic N) is 2. The topological polar surface area (TPSA) is 9.86 Å². The second-order valence-corrected chi connectivity index (χ2v) is 10.7. The Morgan fingerprint density at radius 3 is 1.50 bits per heavy atom. The molecule has 44 heavy (non-hydrogen) atoms. The summed E-state index contributed by atoms with van der Waals surface area (Å²) < 4.78 is 87.7. The van der Waals surface area contributed by atoms with E-state index in [1.807, 2.05) is 91.0 Å². The lowest BCUT2D eigenvalue weighted by Gasteiger charge is -2.11. The number of para-hydroxylation sites is 3. The number of hydrogen-bond donors (Lipinski definition) is 0. The highest BCUT2D eigenvalue weighted by atomic mass is 15.0. The van der Waals surface area contributed by atoms with Crippen LogP contribution in [0.15, 0.2) is 170 Å². The third-order valence-corrected chi connectivity index (χ3v) is 8.29. The zero-order valence-electron chi connectivity index (χ0n) is 33.3. The molecule has 2 heteroatoms. The molecule has 0 amide bonds. The number of benzene rings is 7. The van der Waals surface area contributed by atoms with Crippen LogP contribution in [-0.2, 0) is 0 Å². The van der Waals surface area contributed by atoms with Gasteiger partial charge in [0.15, 0.2) is 0 Å². The number of rotatable bonds is 4. The Hall–Kier alpha value is -5.86. The molecule has 0 atom stereocenters. The van der Waals surface area contributed by atoms with Gasteiger partial charge >= 0.3 is 0 Å². The Kier molecular flexibility index (Phi) is 3.74. The largest absolute Gasteiger partial charge is 0.309 e. The first-order valence-corrected chi connectivity index (χ1v) is 14.3. The summed E-state index contributed by atoms with van der Waals surface area (Å²) in [6.07, 6.45) is 0. The summed E-state index contributed by atoms with van der Waals surface area (Å²) in [5, 5.41) is 3.77. The maximum Gasteiger partial charge on any atom is 0.0645 e. The Morgan fingerprint density at radius 1 is 0.364 bits per heavy atom. The van der Waals surface area contributed by atoms with Gasteiger partial charge in [-0.1, -0.05) is 115 Å². The van der Waals surface area contributed by atoms with Gasteiger partial charge < -0.3 is 9.13 Å². The van der Waals surface area contributed by atoms with E-state index in [0.717, 1.165) is 60.4 Å². The van der Waals surface area contributed by atoms with Crippen molar-refractivity contribution in [1.29, 1.82) is 0 Å². The molecule has 0 bridgehead atoms. The van der Waals surface area contributed by atoms with Gasteiger partial charge in [0.1, 0.15) is 0 Å². The molecule has 9 rings (SSSR count). The van der Waals surface area contributed by atoms with E-state index < -0.39 is 12.1 Å². The van der Waals surface area contributed by atoms with Crippen LogP contribution in [0.1, 0.15) is 13.7 Å². The van der Waals surface area contributed by atoms with Crippen molar-refractivity contribution in [3.8, 4) is 33.6 Å². The average Bonchev–Trinajstić information content (AvgIpc) is 3.71. The molecule has 2 heterocycles. The fourth-order valence-electron chi connectivity index (χ4n) is 6.44. The minimum atomic E-state index is -0.437. The minimum absolute atomic E-state index is 0.0986. The number of fused-ring (bicyclic) bond motifs is 7. The molecule has 0 saturated carbocycles.